The minimum Gasteiger partial charge on any atom is -0.379 e. The van der Waals surface area contributed by atoms with Crippen LogP contribution in [0.2, 0.25) is 0 Å². The molecule has 2 aliphatic heterocycles. The van der Waals surface area contributed by atoms with Crippen LogP contribution >= 0.6 is 0 Å². The number of aryl methyl sites for hydroxylation is 1. The van der Waals surface area contributed by atoms with Crippen molar-refractivity contribution >= 4 is 11.6 Å². The van der Waals surface area contributed by atoms with Gasteiger partial charge in [-0.05, 0) is 50.0 Å². The van der Waals surface area contributed by atoms with Crippen LogP contribution in [0, 0.1) is 25.7 Å². The number of rotatable bonds is 9. The van der Waals surface area contributed by atoms with Crippen molar-refractivity contribution in [3.05, 3.63) is 107 Å². The monoisotopic (exact) mass is 524 g/mol. The summed E-state index contributed by atoms with van der Waals surface area (Å²) < 4.78 is 5.51. The summed E-state index contributed by atoms with van der Waals surface area (Å²) >= 11 is 0. The van der Waals surface area contributed by atoms with Gasteiger partial charge in [-0.2, -0.15) is 0 Å². The number of Topliss-reactive ketones (excluding diaryl/α,β-unsaturated/α-hetero) is 2. The zero-order valence-electron chi connectivity index (χ0n) is 23.2. The van der Waals surface area contributed by atoms with Crippen LogP contribution in [0.15, 0.2) is 78.9 Å². The van der Waals surface area contributed by atoms with Gasteiger partial charge in [-0.1, -0.05) is 78.9 Å². The molecule has 0 aromatic heterocycles. The number of carbonyl (C=O) groups excluding carboxylic acids is 2. The zero-order valence-corrected chi connectivity index (χ0v) is 23.2. The largest absolute Gasteiger partial charge is 0.379 e. The van der Waals surface area contributed by atoms with Crippen molar-refractivity contribution in [2.45, 2.75) is 26.2 Å². The zero-order chi connectivity index (χ0) is 27.2. The lowest BCUT2D eigenvalue weighted by Gasteiger charge is -2.44. The third kappa shape index (κ3) is 6.38. The smallest absolute Gasteiger partial charge is 0.167 e. The fourth-order valence-electron chi connectivity index (χ4n) is 6.36. The molecule has 2 aliphatic rings. The Balaban J connectivity index is 1.50. The minimum atomic E-state index is -0.303. The first-order valence-electron chi connectivity index (χ1n) is 14.3. The lowest BCUT2D eigenvalue weighted by molar-refractivity contribution is 0.0331. The number of carbonyl (C=O) groups is 2. The van der Waals surface area contributed by atoms with Gasteiger partial charge in [0.1, 0.15) is 0 Å². The summed E-state index contributed by atoms with van der Waals surface area (Å²) in [5, 5.41) is 0. The van der Waals surface area contributed by atoms with Gasteiger partial charge in [-0.3, -0.25) is 14.5 Å². The molecule has 0 radical (unpaired) electrons. The highest BCUT2D eigenvalue weighted by molar-refractivity contribution is 6.02. The molecule has 2 heterocycles. The lowest BCUT2D eigenvalue weighted by Crippen LogP contribution is -2.51. The summed E-state index contributed by atoms with van der Waals surface area (Å²) in [5.74, 6) is -0.526. The minimum absolute atomic E-state index is 0.130. The quantitative estimate of drug-likeness (QED) is 0.350. The maximum atomic E-state index is 14.2. The Labute approximate surface area is 232 Å². The third-order valence-electron chi connectivity index (χ3n) is 8.62. The fourth-order valence-corrected chi connectivity index (χ4v) is 6.36. The predicted octanol–water partition coefficient (Wildman–Crippen LogP) is 5.42. The molecule has 5 heteroatoms. The van der Waals surface area contributed by atoms with Gasteiger partial charge in [0, 0.05) is 55.1 Å². The molecule has 0 spiro atoms. The van der Waals surface area contributed by atoms with E-state index < -0.39 is 0 Å². The normalized spacial score (nSPS) is 21.1. The second-order valence-electron chi connectivity index (χ2n) is 11.1. The van der Waals surface area contributed by atoms with Crippen molar-refractivity contribution in [3.63, 3.8) is 0 Å². The number of hydrogen-bond acceptors (Lipinski definition) is 5. The Morgan fingerprint density at radius 3 is 1.82 bits per heavy atom. The summed E-state index contributed by atoms with van der Waals surface area (Å²) in [6, 6.07) is 25.6. The van der Waals surface area contributed by atoms with Gasteiger partial charge in [0.05, 0.1) is 13.2 Å². The summed E-state index contributed by atoms with van der Waals surface area (Å²) in [5.41, 5.74) is 4.95. The topological polar surface area (TPSA) is 49.9 Å². The second-order valence-corrected chi connectivity index (χ2v) is 11.1. The Hall–Kier alpha value is -3.12. The van der Waals surface area contributed by atoms with Gasteiger partial charge in [0.25, 0.3) is 0 Å². The van der Waals surface area contributed by atoms with Gasteiger partial charge in [0.15, 0.2) is 11.6 Å². The van der Waals surface area contributed by atoms with E-state index in [0.29, 0.717) is 13.1 Å². The molecular formula is C34H40N2O3. The first-order chi connectivity index (χ1) is 19.0. The lowest BCUT2D eigenvalue weighted by atomic mass is 9.67. The molecular weight excluding hydrogens is 484 g/mol. The molecule has 0 saturated carbocycles. The molecule has 5 rings (SSSR count). The second kappa shape index (κ2) is 12.8. The van der Waals surface area contributed by atoms with Crippen molar-refractivity contribution in [2.75, 3.05) is 52.5 Å². The molecule has 0 unspecified atom stereocenters. The van der Waals surface area contributed by atoms with Crippen LogP contribution in [-0.4, -0.2) is 73.8 Å². The Bertz CT molecular complexity index is 1190. The number of morpholine rings is 1. The Kier molecular flexibility index (Phi) is 9.02. The van der Waals surface area contributed by atoms with Gasteiger partial charge < -0.3 is 9.64 Å². The fraction of sp³-hybridized carbons (Fsp3) is 0.412. The molecule has 0 N–H and O–H groups in total. The number of benzene rings is 3. The van der Waals surface area contributed by atoms with Crippen molar-refractivity contribution in [1.82, 2.24) is 9.80 Å². The molecule has 3 aromatic rings. The molecule has 2 atom stereocenters. The average Bonchev–Trinajstić information content (AvgIpc) is 2.99. The Morgan fingerprint density at radius 2 is 1.26 bits per heavy atom. The van der Waals surface area contributed by atoms with E-state index in [4.69, 9.17) is 4.74 Å². The molecule has 0 aliphatic carbocycles. The molecule has 5 nitrogen and oxygen atoms in total. The van der Waals surface area contributed by atoms with E-state index in [1.54, 1.807) is 0 Å². The summed E-state index contributed by atoms with van der Waals surface area (Å²) in [7, 11) is 0. The van der Waals surface area contributed by atoms with Gasteiger partial charge in [-0.25, -0.2) is 0 Å². The maximum absolute atomic E-state index is 14.2. The van der Waals surface area contributed by atoms with Gasteiger partial charge >= 0.3 is 0 Å². The van der Waals surface area contributed by atoms with E-state index in [1.807, 2.05) is 60.7 Å². The summed E-state index contributed by atoms with van der Waals surface area (Å²) in [6.45, 7) is 11.0. The summed E-state index contributed by atoms with van der Waals surface area (Å²) in [6.07, 6.45) is 1.01. The van der Waals surface area contributed by atoms with Crippen LogP contribution in [0.1, 0.15) is 49.7 Å². The number of piperidine rings is 1. The van der Waals surface area contributed by atoms with Crippen LogP contribution in [0.25, 0.3) is 0 Å². The summed E-state index contributed by atoms with van der Waals surface area (Å²) in [4.78, 5) is 33.2. The van der Waals surface area contributed by atoms with Crippen LogP contribution in [0.4, 0.5) is 0 Å². The van der Waals surface area contributed by atoms with E-state index in [2.05, 4.69) is 41.8 Å². The van der Waals surface area contributed by atoms with Gasteiger partial charge in [-0.15, -0.1) is 0 Å². The highest BCUT2D eigenvalue weighted by Gasteiger charge is 2.45. The Morgan fingerprint density at radius 1 is 0.718 bits per heavy atom. The van der Waals surface area contributed by atoms with E-state index in [0.717, 1.165) is 62.5 Å². The highest BCUT2D eigenvalue weighted by atomic mass is 16.5. The van der Waals surface area contributed by atoms with E-state index in [1.165, 1.54) is 11.1 Å². The van der Waals surface area contributed by atoms with E-state index in [9.17, 15) is 9.59 Å². The van der Waals surface area contributed by atoms with Gasteiger partial charge in [0.2, 0.25) is 0 Å². The average molecular weight is 525 g/mol. The van der Waals surface area contributed by atoms with Crippen molar-refractivity contribution in [1.29, 1.82) is 0 Å². The molecule has 2 fully saturated rings. The first kappa shape index (κ1) is 27.4. The van der Waals surface area contributed by atoms with Crippen LogP contribution < -0.4 is 0 Å². The van der Waals surface area contributed by atoms with Crippen molar-refractivity contribution < 1.29 is 14.3 Å². The highest BCUT2D eigenvalue weighted by Crippen LogP contribution is 2.42. The molecule has 204 valence electrons. The number of ether oxygens (including phenoxy) is 1. The number of nitrogens with zero attached hydrogens (tertiary/aromatic N) is 2. The SMILES string of the molecule is Cc1cccc(C2[C@@H](C(=O)c3ccccc3)CN(CCCN3CCOCC3)C[C@@H]2C(=O)c2ccccc2)c1C. The van der Waals surface area contributed by atoms with Crippen LogP contribution in [0.5, 0.6) is 0 Å². The molecule has 0 amide bonds. The van der Waals surface area contributed by atoms with Crippen LogP contribution in [-0.2, 0) is 4.74 Å². The first-order valence-corrected chi connectivity index (χ1v) is 14.3. The molecule has 2 saturated heterocycles. The van der Waals surface area contributed by atoms with E-state index >= 15 is 0 Å². The molecule has 0 bridgehead atoms. The number of ketones is 2. The predicted molar refractivity (Wildman–Crippen MR) is 155 cm³/mol. The third-order valence-corrected chi connectivity index (χ3v) is 8.62. The molecule has 3 aromatic carbocycles. The number of likely N-dealkylation sites (tertiary alicyclic amines) is 1. The maximum Gasteiger partial charge on any atom is 0.167 e. The van der Waals surface area contributed by atoms with Crippen molar-refractivity contribution in [2.24, 2.45) is 11.8 Å². The van der Waals surface area contributed by atoms with Crippen LogP contribution in [0.3, 0.4) is 0 Å². The standard InChI is InChI=1S/C34H40N2O3/c1-25-11-9-16-29(26(25)2)32-30(33(37)27-12-5-3-6-13-27)23-36(18-10-17-35-19-21-39-22-20-35)24-31(32)34(38)28-14-7-4-8-15-28/h3-9,11-16,30-32H,10,17-24H2,1-2H3/t30-,31-/m0/s1. The van der Waals surface area contributed by atoms with Crippen molar-refractivity contribution in [3.8, 4) is 0 Å². The number of hydrogen-bond donors (Lipinski definition) is 0. The van der Waals surface area contributed by atoms with E-state index in [-0.39, 0.29) is 29.3 Å². The molecule has 39 heavy (non-hydrogen) atoms.